The SMILES string of the molecule is CC(C)(c1ccc(OCc2ccnc(N3CCN(C4CCN(CC5CCNCC5)C4)CC3)n2)cc1)c1cc(Cl)cc(C#N)c1. The van der Waals surface area contributed by atoms with Crippen LogP contribution in [-0.2, 0) is 12.0 Å². The molecule has 1 N–H and O–H groups in total. The van der Waals surface area contributed by atoms with Crippen molar-refractivity contribution < 1.29 is 4.74 Å². The number of aromatic nitrogens is 2. The summed E-state index contributed by atoms with van der Waals surface area (Å²) in [6.45, 7) is 14.8. The van der Waals surface area contributed by atoms with Crippen LogP contribution < -0.4 is 15.0 Å². The second kappa shape index (κ2) is 13.8. The topological polar surface area (TPSA) is 80.6 Å². The Morgan fingerprint density at radius 2 is 1.75 bits per heavy atom. The molecule has 1 atom stereocenters. The molecule has 0 aliphatic carbocycles. The average Bonchev–Trinajstić information content (AvgIpc) is 3.52. The lowest BCUT2D eigenvalue weighted by atomic mass is 9.78. The molecule has 3 aliphatic heterocycles. The van der Waals surface area contributed by atoms with Gasteiger partial charge >= 0.3 is 0 Å². The van der Waals surface area contributed by atoms with Gasteiger partial charge in [0.15, 0.2) is 0 Å². The molecule has 8 nitrogen and oxygen atoms in total. The number of halogens is 1. The van der Waals surface area contributed by atoms with Crippen molar-refractivity contribution >= 4 is 17.5 Å². The molecule has 9 heteroatoms. The van der Waals surface area contributed by atoms with Gasteiger partial charge in [-0.25, -0.2) is 9.97 Å². The van der Waals surface area contributed by atoms with E-state index in [1.807, 2.05) is 36.5 Å². The number of nitrogens with zero attached hydrogens (tertiary/aromatic N) is 6. The third kappa shape index (κ3) is 7.35. The third-order valence-electron chi connectivity index (χ3n) is 9.75. The van der Waals surface area contributed by atoms with E-state index < -0.39 is 0 Å². The van der Waals surface area contributed by atoms with E-state index in [1.54, 1.807) is 6.07 Å². The van der Waals surface area contributed by atoms with Gasteiger partial charge in [0.1, 0.15) is 12.4 Å². The van der Waals surface area contributed by atoms with Crippen LogP contribution in [0, 0.1) is 17.2 Å². The zero-order valence-corrected chi connectivity index (χ0v) is 26.8. The molecule has 0 spiro atoms. The predicted molar refractivity (Wildman–Crippen MR) is 175 cm³/mol. The predicted octanol–water partition coefficient (Wildman–Crippen LogP) is 5.10. The molecular weight excluding hydrogens is 570 g/mol. The fourth-order valence-electron chi connectivity index (χ4n) is 6.92. The number of ether oxygens (including phenoxy) is 1. The Morgan fingerprint density at radius 3 is 2.50 bits per heavy atom. The summed E-state index contributed by atoms with van der Waals surface area (Å²) in [5.74, 6) is 2.44. The van der Waals surface area contributed by atoms with Crippen molar-refractivity contribution in [2.75, 3.05) is 63.8 Å². The number of nitriles is 1. The molecule has 1 aromatic heterocycles. The quantitative estimate of drug-likeness (QED) is 0.357. The molecule has 1 unspecified atom stereocenters. The van der Waals surface area contributed by atoms with Gasteiger partial charge in [-0.3, -0.25) is 4.90 Å². The summed E-state index contributed by atoms with van der Waals surface area (Å²) in [6.07, 6.45) is 5.78. The molecule has 44 heavy (non-hydrogen) atoms. The highest BCUT2D eigenvalue weighted by Crippen LogP contribution is 2.34. The first-order valence-corrected chi connectivity index (χ1v) is 16.4. The van der Waals surface area contributed by atoms with Crippen molar-refractivity contribution in [1.82, 2.24) is 25.1 Å². The number of hydrogen-bond acceptors (Lipinski definition) is 8. The van der Waals surface area contributed by atoms with Crippen LogP contribution in [0.25, 0.3) is 0 Å². The van der Waals surface area contributed by atoms with Gasteiger partial charge in [-0.05, 0) is 92.3 Å². The number of hydrogen-bond donors (Lipinski definition) is 1. The molecule has 3 aromatic rings. The van der Waals surface area contributed by atoms with Gasteiger partial charge in [0, 0.05) is 61.9 Å². The van der Waals surface area contributed by atoms with E-state index in [-0.39, 0.29) is 5.41 Å². The summed E-state index contributed by atoms with van der Waals surface area (Å²) in [5, 5.41) is 13.4. The van der Waals surface area contributed by atoms with Crippen molar-refractivity contribution in [2.24, 2.45) is 5.92 Å². The molecule has 3 fully saturated rings. The smallest absolute Gasteiger partial charge is 0.225 e. The van der Waals surface area contributed by atoms with E-state index >= 15 is 0 Å². The number of piperidine rings is 1. The molecule has 6 rings (SSSR count). The minimum Gasteiger partial charge on any atom is -0.487 e. The van der Waals surface area contributed by atoms with Crippen LogP contribution in [0.1, 0.15) is 55.5 Å². The maximum absolute atomic E-state index is 9.36. The van der Waals surface area contributed by atoms with Gasteiger partial charge in [0.05, 0.1) is 17.3 Å². The Hall–Kier alpha value is -3.22. The molecule has 232 valence electrons. The molecule has 4 heterocycles. The highest BCUT2D eigenvalue weighted by molar-refractivity contribution is 6.30. The minimum absolute atomic E-state index is 0.315. The lowest BCUT2D eigenvalue weighted by molar-refractivity contribution is 0.172. The van der Waals surface area contributed by atoms with Crippen molar-refractivity contribution in [1.29, 1.82) is 5.26 Å². The number of rotatable bonds is 9. The number of piperazine rings is 1. The first-order chi connectivity index (χ1) is 21.4. The monoisotopic (exact) mass is 613 g/mol. The number of nitrogens with one attached hydrogen (secondary N) is 1. The van der Waals surface area contributed by atoms with Crippen LogP contribution in [0.4, 0.5) is 5.95 Å². The zero-order valence-electron chi connectivity index (χ0n) is 26.0. The summed E-state index contributed by atoms with van der Waals surface area (Å²) in [4.78, 5) is 17.2. The Morgan fingerprint density at radius 1 is 0.977 bits per heavy atom. The fraction of sp³-hybridized carbons (Fsp3) is 0.514. The molecule has 0 amide bonds. The van der Waals surface area contributed by atoms with Gasteiger partial charge < -0.3 is 19.9 Å². The lowest BCUT2D eigenvalue weighted by Crippen LogP contribution is -2.51. The van der Waals surface area contributed by atoms with Gasteiger partial charge in [0.25, 0.3) is 0 Å². The molecule has 0 bridgehead atoms. The maximum atomic E-state index is 9.36. The Balaban J connectivity index is 0.992. The third-order valence-corrected chi connectivity index (χ3v) is 9.97. The van der Waals surface area contributed by atoms with Crippen LogP contribution in [0.5, 0.6) is 5.75 Å². The lowest BCUT2D eigenvalue weighted by Gasteiger charge is -2.38. The van der Waals surface area contributed by atoms with Gasteiger partial charge in [-0.2, -0.15) is 5.26 Å². The average molecular weight is 614 g/mol. The van der Waals surface area contributed by atoms with E-state index in [0.29, 0.717) is 23.2 Å². The van der Waals surface area contributed by atoms with E-state index in [0.717, 1.165) is 60.6 Å². The van der Waals surface area contributed by atoms with Gasteiger partial charge in [-0.15, -0.1) is 0 Å². The molecule has 3 aliphatic rings. The Bertz CT molecular complexity index is 1440. The van der Waals surface area contributed by atoms with Crippen molar-refractivity contribution in [2.45, 2.75) is 51.2 Å². The number of anilines is 1. The Kier molecular flexibility index (Phi) is 9.68. The molecule has 0 radical (unpaired) electrons. The van der Waals surface area contributed by atoms with Crippen LogP contribution in [0.2, 0.25) is 5.02 Å². The highest BCUT2D eigenvalue weighted by Gasteiger charge is 2.31. The van der Waals surface area contributed by atoms with E-state index in [9.17, 15) is 5.26 Å². The molecule has 2 aromatic carbocycles. The summed E-state index contributed by atoms with van der Waals surface area (Å²) in [7, 11) is 0. The van der Waals surface area contributed by atoms with E-state index in [1.165, 1.54) is 52.0 Å². The molecule has 3 saturated heterocycles. The first-order valence-electron chi connectivity index (χ1n) is 16.1. The number of likely N-dealkylation sites (tertiary alicyclic amines) is 1. The second-order valence-electron chi connectivity index (χ2n) is 13.0. The summed E-state index contributed by atoms with van der Waals surface area (Å²) >= 11 is 6.28. The van der Waals surface area contributed by atoms with E-state index in [2.05, 4.69) is 57.0 Å². The summed E-state index contributed by atoms with van der Waals surface area (Å²) in [5.41, 5.74) is 3.24. The molecule has 0 saturated carbocycles. The van der Waals surface area contributed by atoms with Crippen molar-refractivity contribution in [3.05, 3.63) is 82.1 Å². The van der Waals surface area contributed by atoms with Gasteiger partial charge in [-0.1, -0.05) is 37.6 Å². The highest BCUT2D eigenvalue weighted by atomic mass is 35.5. The normalized spacial score (nSPS) is 20.5. The van der Waals surface area contributed by atoms with Crippen LogP contribution >= 0.6 is 11.6 Å². The number of benzene rings is 2. The van der Waals surface area contributed by atoms with E-state index in [4.69, 9.17) is 21.3 Å². The summed E-state index contributed by atoms with van der Waals surface area (Å²) < 4.78 is 6.12. The van der Waals surface area contributed by atoms with Crippen LogP contribution in [-0.4, -0.2) is 84.7 Å². The van der Waals surface area contributed by atoms with Crippen LogP contribution in [0.15, 0.2) is 54.7 Å². The zero-order chi connectivity index (χ0) is 30.5. The standard InChI is InChI=1S/C35H44ClN7O/c1-35(2,29-19-27(22-37)20-30(36)21-29)28-3-5-33(6-4-28)44-25-31-9-13-39-34(40-31)43-17-15-42(16-18-43)32-10-14-41(24-32)23-26-7-11-38-12-8-26/h3-6,9,13,19-21,26,32,38H,7-8,10-12,14-18,23-25H2,1-2H3. The fourth-order valence-corrected chi connectivity index (χ4v) is 7.15. The van der Waals surface area contributed by atoms with Gasteiger partial charge in [0.2, 0.25) is 5.95 Å². The maximum Gasteiger partial charge on any atom is 0.225 e. The largest absolute Gasteiger partial charge is 0.487 e. The Labute approximate surface area is 267 Å². The second-order valence-corrected chi connectivity index (χ2v) is 13.5. The van der Waals surface area contributed by atoms with Crippen molar-refractivity contribution in [3.63, 3.8) is 0 Å². The minimum atomic E-state index is -0.315. The van der Waals surface area contributed by atoms with Crippen molar-refractivity contribution in [3.8, 4) is 11.8 Å². The first kappa shape index (κ1) is 30.8. The molecular formula is C35H44ClN7O. The van der Waals surface area contributed by atoms with Crippen LogP contribution in [0.3, 0.4) is 0 Å². The summed E-state index contributed by atoms with van der Waals surface area (Å²) in [6, 6.07) is 18.5.